The highest BCUT2D eigenvalue weighted by molar-refractivity contribution is 7.07. The van der Waals surface area contributed by atoms with E-state index in [0.717, 1.165) is 11.4 Å². The number of aromatic nitrogens is 2. The summed E-state index contributed by atoms with van der Waals surface area (Å²) in [5, 5.41) is 15.4. The third-order valence-corrected chi connectivity index (χ3v) is 2.53. The molecule has 2 rings (SSSR count). The molecule has 2 aromatic rings. The summed E-state index contributed by atoms with van der Waals surface area (Å²) >= 11 is 1.53. The minimum absolute atomic E-state index is 0.154. The maximum absolute atomic E-state index is 10.4. The number of thiazole rings is 1. The molecule has 0 spiro atoms. The van der Waals surface area contributed by atoms with E-state index in [0.29, 0.717) is 6.54 Å². The van der Waals surface area contributed by atoms with E-state index in [2.05, 4.69) is 15.3 Å². The van der Waals surface area contributed by atoms with Crippen molar-refractivity contribution in [1.29, 1.82) is 0 Å². The molecule has 1 N–H and O–H groups in total. The van der Waals surface area contributed by atoms with E-state index < -0.39 is 4.92 Å². The van der Waals surface area contributed by atoms with Gasteiger partial charge in [-0.1, -0.05) is 0 Å². The molecule has 16 heavy (non-hydrogen) atoms. The van der Waals surface area contributed by atoms with Gasteiger partial charge in [0.2, 0.25) is 0 Å². The summed E-state index contributed by atoms with van der Waals surface area (Å²) in [5.41, 5.74) is 3.42. The van der Waals surface area contributed by atoms with Crippen LogP contribution >= 0.6 is 11.3 Å². The molecule has 7 heteroatoms. The Labute approximate surface area is 95.1 Å². The zero-order chi connectivity index (χ0) is 11.4. The molecule has 2 aromatic heterocycles. The topological polar surface area (TPSA) is 81.0 Å². The quantitative estimate of drug-likeness (QED) is 0.649. The summed E-state index contributed by atoms with van der Waals surface area (Å²) in [5.74, 6) is -0.154. The lowest BCUT2D eigenvalue weighted by molar-refractivity contribution is -0.389. The highest BCUT2D eigenvalue weighted by Gasteiger charge is 2.05. The molecule has 0 saturated heterocycles. The van der Waals surface area contributed by atoms with E-state index in [-0.39, 0.29) is 5.82 Å². The van der Waals surface area contributed by atoms with Gasteiger partial charge in [-0.25, -0.2) is 4.98 Å². The zero-order valence-corrected chi connectivity index (χ0v) is 8.98. The summed E-state index contributed by atoms with van der Waals surface area (Å²) in [6, 6.07) is 2.99. The van der Waals surface area contributed by atoms with Crippen molar-refractivity contribution < 1.29 is 4.92 Å². The van der Waals surface area contributed by atoms with Crippen molar-refractivity contribution in [3.05, 3.63) is 45.0 Å². The first-order chi connectivity index (χ1) is 7.75. The lowest BCUT2D eigenvalue weighted by Crippen LogP contribution is -2.00. The molecule has 6 nitrogen and oxygen atoms in total. The minimum atomic E-state index is -0.524. The van der Waals surface area contributed by atoms with E-state index in [4.69, 9.17) is 0 Å². The molecule has 0 bridgehead atoms. The van der Waals surface area contributed by atoms with Crippen LogP contribution in [0.5, 0.6) is 0 Å². The third-order valence-electron chi connectivity index (χ3n) is 1.89. The molecule has 82 valence electrons. The van der Waals surface area contributed by atoms with Crippen LogP contribution < -0.4 is 5.32 Å². The lowest BCUT2D eigenvalue weighted by Gasteiger charge is -2.01. The van der Waals surface area contributed by atoms with Crippen LogP contribution in [0.25, 0.3) is 0 Å². The standard InChI is InChI=1S/C9H8N4O2S/c14-13(15)9-2-1-7(3-11-9)10-4-8-5-16-6-12-8/h1-3,5-6,10H,4H2. The van der Waals surface area contributed by atoms with Crippen molar-refractivity contribution in [2.24, 2.45) is 0 Å². The van der Waals surface area contributed by atoms with Gasteiger partial charge in [0.15, 0.2) is 6.20 Å². The van der Waals surface area contributed by atoms with Gasteiger partial charge in [0.25, 0.3) is 0 Å². The highest BCUT2D eigenvalue weighted by atomic mass is 32.1. The van der Waals surface area contributed by atoms with Crippen LogP contribution in [0, 0.1) is 10.1 Å². The number of nitrogens with one attached hydrogen (secondary N) is 1. The zero-order valence-electron chi connectivity index (χ0n) is 8.16. The first-order valence-corrected chi connectivity index (χ1v) is 5.41. The van der Waals surface area contributed by atoms with Gasteiger partial charge < -0.3 is 15.4 Å². The molecule has 0 amide bonds. The SMILES string of the molecule is O=[N+]([O-])c1ccc(NCc2cscn2)cn1. The number of hydrogen-bond donors (Lipinski definition) is 1. The summed E-state index contributed by atoms with van der Waals surface area (Å²) < 4.78 is 0. The van der Waals surface area contributed by atoms with Crippen LogP contribution in [0.1, 0.15) is 5.69 Å². The second kappa shape index (κ2) is 4.67. The van der Waals surface area contributed by atoms with E-state index >= 15 is 0 Å². The Kier molecular flexibility index (Phi) is 3.06. The average Bonchev–Trinajstić information content (AvgIpc) is 2.80. The van der Waals surface area contributed by atoms with Crippen LogP contribution in [0.3, 0.4) is 0 Å². The number of nitro groups is 1. The summed E-state index contributed by atoms with van der Waals surface area (Å²) in [4.78, 5) is 17.7. The molecule has 0 radical (unpaired) electrons. The van der Waals surface area contributed by atoms with Crippen molar-refractivity contribution in [2.45, 2.75) is 6.54 Å². The number of hydrogen-bond acceptors (Lipinski definition) is 6. The fourth-order valence-electron chi connectivity index (χ4n) is 1.12. The Balaban J connectivity index is 1.98. The van der Waals surface area contributed by atoms with Crippen molar-refractivity contribution in [3.8, 4) is 0 Å². The fourth-order valence-corrected chi connectivity index (χ4v) is 1.67. The molecule has 0 atom stereocenters. The van der Waals surface area contributed by atoms with Crippen LogP contribution in [-0.4, -0.2) is 14.9 Å². The molecule has 0 unspecified atom stereocenters. The molecule has 0 fully saturated rings. The first kappa shape index (κ1) is 10.5. The molecule has 0 aliphatic carbocycles. The molecular formula is C9H8N4O2S. The van der Waals surface area contributed by atoms with Gasteiger partial charge in [0.1, 0.15) is 0 Å². The van der Waals surface area contributed by atoms with Gasteiger partial charge in [-0.05, 0) is 16.0 Å². The van der Waals surface area contributed by atoms with Gasteiger partial charge in [0.05, 0.1) is 23.4 Å². The van der Waals surface area contributed by atoms with E-state index in [9.17, 15) is 10.1 Å². The molecule has 0 aliphatic heterocycles. The van der Waals surface area contributed by atoms with Crippen LogP contribution in [0.15, 0.2) is 29.2 Å². The number of pyridine rings is 1. The van der Waals surface area contributed by atoms with E-state index in [1.165, 1.54) is 23.6 Å². The van der Waals surface area contributed by atoms with E-state index in [1.807, 2.05) is 5.38 Å². The Hall–Kier alpha value is -2.02. The monoisotopic (exact) mass is 236 g/mol. The van der Waals surface area contributed by atoms with Gasteiger partial charge in [-0.2, -0.15) is 0 Å². The molecular weight excluding hydrogens is 228 g/mol. The average molecular weight is 236 g/mol. The van der Waals surface area contributed by atoms with Gasteiger partial charge >= 0.3 is 5.82 Å². The minimum Gasteiger partial charge on any atom is -0.376 e. The van der Waals surface area contributed by atoms with Gasteiger partial charge in [-0.15, -0.1) is 11.3 Å². The molecule has 0 saturated carbocycles. The largest absolute Gasteiger partial charge is 0.376 e. The highest BCUT2D eigenvalue weighted by Crippen LogP contribution is 2.12. The second-order valence-corrected chi connectivity index (χ2v) is 3.71. The van der Waals surface area contributed by atoms with Crippen molar-refractivity contribution in [1.82, 2.24) is 9.97 Å². The smallest absolute Gasteiger partial charge is 0.363 e. The Morgan fingerprint density at radius 1 is 1.44 bits per heavy atom. The number of nitrogens with zero attached hydrogens (tertiary/aromatic N) is 3. The number of anilines is 1. The molecule has 2 heterocycles. The van der Waals surface area contributed by atoms with Crippen molar-refractivity contribution >= 4 is 22.8 Å². The first-order valence-electron chi connectivity index (χ1n) is 4.47. The van der Waals surface area contributed by atoms with Gasteiger partial charge in [0, 0.05) is 11.4 Å². The maximum Gasteiger partial charge on any atom is 0.363 e. The van der Waals surface area contributed by atoms with E-state index in [1.54, 1.807) is 11.6 Å². The number of rotatable bonds is 4. The van der Waals surface area contributed by atoms with Crippen LogP contribution in [0.4, 0.5) is 11.5 Å². The predicted molar refractivity (Wildman–Crippen MR) is 60.3 cm³/mol. The van der Waals surface area contributed by atoms with Gasteiger partial charge in [-0.3, -0.25) is 0 Å². The van der Waals surface area contributed by atoms with Crippen LogP contribution in [-0.2, 0) is 6.54 Å². The molecule has 0 aliphatic rings. The maximum atomic E-state index is 10.4. The van der Waals surface area contributed by atoms with Crippen LogP contribution in [0.2, 0.25) is 0 Å². The third kappa shape index (κ3) is 2.51. The predicted octanol–water partition coefficient (Wildman–Crippen LogP) is 2.06. The fraction of sp³-hybridized carbons (Fsp3) is 0.111. The van der Waals surface area contributed by atoms with Crippen molar-refractivity contribution in [3.63, 3.8) is 0 Å². The summed E-state index contributed by atoms with van der Waals surface area (Å²) in [6.07, 6.45) is 1.44. The van der Waals surface area contributed by atoms with Crippen molar-refractivity contribution in [2.75, 3.05) is 5.32 Å². The second-order valence-electron chi connectivity index (χ2n) is 3.00. The Morgan fingerprint density at radius 3 is 2.88 bits per heavy atom. The normalized spacial score (nSPS) is 10.0. The lowest BCUT2D eigenvalue weighted by atomic mass is 10.4. The Bertz CT molecular complexity index is 469. The Morgan fingerprint density at radius 2 is 2.31 bits per heavy atom. The summed E-state index contributed by atoms with van der Waals surface area (Å²) in [7, 11) is 0. The summed E-state index contributed by atoms with van der Waals surface area (Å²) in [6.45, 7) is 0.586. The molecule has 0 aromatic carbocycles.